The van der Waals surface area contributed by atoms with Crippen LogP contribution in [0.15, 0.2) is 23.4 Å². The van der Waals surface area contributed by atoms with Gasteiger partial charge in [0, 0.05) is 13.1 Å². The van der Waals surface area contributed by atoms with E-state index in [1.807, 2.05) is 18.5 Å². The lowest BCUT2D eigenvalue weighted by Crippen LogP contribution is -2.21. The van der Waals surface area contributed by atoms with Gasteiger partial charge in [0.1, 0.15) is 0 Å². The predicted molar refractivity (Wildman–Crippen MR) is 58.9 cm³/mol. The summed E-state index contributed by atoms with van der Waals surface area (Å²) in [4.78, 5) is 6.47. The second-order valence-corrected chi connectivity index (χ2v) is 4.27. The lowest BCUT2D eigenvalue weighted by molar-refractivity contribution is 0.198. The van der Waals surface area contributed by atoms with Gasteiger partial charge >= 0.3 is 0 Å². The highest BCUT2D eigenvalue weighted by Crippen LogP contribution is 2.21. The van der Waals surface area contributed by atoms with E-state index in [2.05, 4.69) is 16.0 Å². The molecule has 4 heteroatoms. The van der Waals surface area contributed by atoms with Crippen LogP contribution in [0.3, 0.4) is 0 Å². The third kappa shape index (κ3) is 2.01. The highest BCUT2D eigenvalue weighted by atomic mass is 32.2. The molecule has 3 nitrogen and oxygen atoms in total. The molecule has 0 saturated carbocycles. The summed E-state index contributed by atoms with van der Waals surface area (Å²) in [6.45, 7) is 1.67. The third-order valence-corrected chi connectivity index (χ3v) is 3.12. The molecular formula is C10H14N2OS. The summed E-state index contributed by atoms with van der Waals surface area (Å²) in [6, 6.07) is 4.08. The van der Waals surface area contributed by atoms with Gasteiger partial charge in [0.2, 0.25) is 0 Å². The molecule has 14 heavy (non-hydrogen) atoms. The molecule has 1 aliphatic heterocycles. The first-order valence-corrected chi connectivity index (χ1v) is 5.95. The number of anilines is 1. The Hall–Kier alpha value is -0.740. The Morgan fingerprint density at radius 1 is 1.57 bits per heavy atom. The van der Waals surface area contributed by atoms with Crippen LogP contribution in [0.5, 0.6) is 0 Å². The molecule has 1 saturated heterocycles. The normalized spacial score (nSPS) is 21.6. The van der Waals surface area contributed by atoms with Crippen molar-refractivity contribution in [1.29, 1.82) is 0 Å². The van der Waals surface area contributed by atoms with E-state index in [0.29, 0.717) is 0 Å². The zero-order chi connectivity index (χ0) is 9.97. The zero-order valence-electron chi connectivity index (χ0n) is 8.18. The Morgan fingerprint density at radius 3 is 2.93 bits per heavy atom. The van der Waals surface area contributed by atoms with Crippen molar-refractivity contribution in [3.63, 3.8) is 0 Å². The Morgan fingerprint density at radius 2 is 2.43 bits per heavy atom. The molecule has 0 bridgehead atoms. The monoisotopic (exact) mass is 210 g/mol. The highest BCUT2D eigenvalue weighted by molar-refractivity contribution is 7.98. The fourth-order valence-corrected chi connectivity index (χ4v) is 2.02. The van der Waals surface area contributed by atoms with E-state index in [4.69, 9.17) is 0 Å². The molecule has 76 valence electrons. The average molecular weight is 210 g/mol. The van der Waals surface area contributed by atoms with Crippen molar-refractivity contribution in [2.75, 3.05) is 24.2 Å². The smallest absolute Gasteiger partial charge is 0.0958 e. The van der Waals surface area contributed by atoms with Gasteiger partial charge in [0.25, 0.3) is 0 Å². The first-order valence-electron chi connectivity index (χ1n) is 4.72. The summed E-state index contributed by atoms with van der Waals surface area (Å²) in [6.07, 6.45) is 4.59. The van der Waals surface area contributed by atoms with E-state index in [1.54, 1.807) is 11.8 Å². The molecule has 0 aromatic carbocycles. The van der Waals surface area contributed by atoms with Crippen molar-refractivity contribution in [1.82, 2.24) is 4.98 Å². The molecule has 1 aromatic heterocycles. The highest BCUT2D eigenvalue weighted by Gasteiger charge is 2.20. The number of β-amino-alcohol motifs (C(OH)–C–C–N with tert-alkyl or cyclic N) is 1. The van der Waals surface area contributed by atoms with Crippen LogP contribution in [0.2, 0.25) is 0 Å². The maximum atomic E-state index is 9.40. The summed E-state index contributed by atoms with van der Waals surface area (Å²) >= 11 is 1.64. The maximum absolute atomic E-state index is 9.40. The lowest BCUT2D eigenvalue weighted by Gasteiger charge is -2.17. The summed E-state index contributed by atoms with van der Waals surface area (Å²) in [7, 11) is 0. The van der Waals surface area contributed by atoms with E-state index in [1.165, 1.54) is 0 Å². The zero-order valence-corrected chi connectivity index (χ0v) is 9.00. The van der Waals surface area contributed by atoms with Crippen LogP contribution < -0.4 is 4.90 Å². The maximum Gasteiger partial charge on any atom is 0.0958 e. The van der Waals surface area contributed by atoms with Crippen LogP contribution in [-0.2, 0) is 0 Å². The SMILES string of the molecule is CSc1ccc(N2CC[C@@H](O)C2)cn1. The molecule has 1 aromatic rings. The number of hydrogen-bond acceptors (Lipinski definition) is 4. The molecule has 1 N–H and O–H groups in total. The Balaban J connectivity index is 2.09. The summed E-state index contributed by atoms with van der Waals surface area (Å²) in [5.74, 6) is 0. The Labute approximate surface area is 88.1 Å². The minimum Gasteiger partial charge on any atom is -0.391 e. The number of aromatic nitrogens is 1. The van der Waals surface area contributed by atoms with E-state index >= 15 is 0 Å². The third-order valence-electron chi connectivity index (χ3n) is 2.46. The quantitative estimate of drug-likeness (QED) is 0.748. The summed E-state index contributed by atoms with van der Waals surface area (Å²) < 4.78 is 0. The molecule has 0 aliphatic carbocycles. The number of aliphatic hydroxyl groups is 1. The Kier molecular flexibility index (Phi) is 2.93. The molecule has 2 rings (SSSR count). The fraction of sp³-hybridized carbons (Fsp3) is 0.500. The summed E-state index contributed by atoms with van der Waals surface area (Å²) in [5.41, 5.74) is 1.11. The van der Waals surface area contributed by atoms with Gasteiger partial charge in [-0.2, -0.15) is 0 Å². The van der Waals surface area contributed by atoms with Crippen LogP contribution in [0, 0.1) is 0 Å². The van der Waals surface area contributed by atoms with Crippen molar-refractivity contribution in [3.05, 3.63) is 18.3 Å². The molecular weight excluding hydrogens is 196 g/mol. The van der Waals surface area contributed by atoms with Gasteiger partial charge in [0.05, 0.1) is 23.0 Å². The standard InChI is InChI=1S/C10H14N2OS/c1-14-10-3-2-8(6-11-10)12-5-4-9(13)7-12/h2-3,6,9,13H,4-5,7H2,1H3/t9-/m1/s1. The van der Waals surface area contributed by atoms with Gasteiger partial charge in [-0.05, 0) is 24.8 Å². The molecule has 2 heterocycles. The number of aliphatic hydroxyl groups excluding tert-OH is 1. The molecule has 0 spiro atoms. The van der Waals surface area contributed by atoms with Gasteiger partial charge in [-0.15, -0.1) is 11.8 Å². The van der Waals surface area contributed by atoms with E-state index in [9.17, 15) is 5.11 Å². The average Bonchev–Trinajstić information content (AvgIpc) is 2.65. The number of pyridine rings is 1. The second-order valence-electron chi connectivity index (χ2n) is 3.45. The molecule has 1 atom stereocenters. The minimum atomic E-state index is -0.171. The first-order chi connectivity index (χ1) is 6.79. The van der Waals surface area contributed by atoms with Crippen LogP contribution in [0.25, 0.3) is 0 Å². The minimum absolute atomic E-state index is 0.171. The van der Waals surface area contributed by atoms with E-state index < -0.39 is 0 Å². The van der Waals surface area contributed by atoms with Crippen LogP contribution >= 0.6 is 11.8 Å². The van der Waals surface area contributed by atoms with Crippen LogP contribution in [0.4, 0.5) is 5.69 Å². The second kappa shape index (κ2) is 4.19. The van der Waals surface area contributed by atoms with Crippen molar-refractivity contribution < 1.29 is 5.11 Å². The van der Waals surface area contributed by atoms with Crippen molar-refractivity contribution >= 4 is 17.4 Å². The molecule has 0 unspecified atom stereocenters. The number of rotatable bonds is 2. The summed E-state index contributed by atoms with van der Waals surface area (Å²) in [5, 5.41) is 10.4. The molecule has 1 fully saturated rings. The number of nitrogens with zero attached hydrogens (tertiary/aromatic N) is 2. The van der Waals surface area contributed by atoms with E-state index in [-0.39, 0.29) is 6.10 Å². The largest absolute Gasteiger partial charge is 0.391 e. The molecule has 0 radical (unpaired) electrons. The van der Waals surface area contributed by atoms with Crippen molar-refractivity contribution in [2.45, 2.75) is 17.6 Å². The topological polar surface area (TPSA) is 36.4 Å². The van der Waals surface area contributed by atoms with Gasteiger partial charge in [-0.3, -0.25) is 0 Å². The fourth-order valence-electron chi connectivity index (χ4n) is 1.66. The van der Waals surface area contributed by atoms with Gasteiger partial charge in [-0.25, -0.2) is 4.98 Å². The molecule has 1 aliphatic rings. The van der Waals surface area contributed by atoms with Gasteiger partial charge in [0.15, 0.2) is 0 Å². The van der Waals surface area contributed by atoms with Crippen molar-refractivity contribution in [2.24, 2.45) is 0 Å². The number of thioether (sulfide) groups is 1. The first kappa shape index (κ1) is 9.80. The van der Waals surface area contributed by atoms with Crippen LogP contribution in [-0.4, -0.2) is 35.5 Å². The lowest BCUT2D eigenvalue weighted by atomic mass is 10.3. The van der Waals surface area contributed by atoms with Gasteiger partial charge in [-0.1, -0.05) is 0 Å². The molecule has 0 amide bonds. The van der Waals surface area contributed by atoms with Crippen LogP contribution in [0.1, 0.15) is 6.42 Å². The van der Waals surface area contributed by atoms with Crippen molar-refractivity contribution in [3.8, 4) is 0 Å². The predicted octanol–water partition coefficient (Wildman–Crippen LogP) is 1.37. The Bertz CT molecular complexity index is 301. The van der Waals surface area contributed by atoms with Gasteiger partial charge < -0.3 is 10.0 Å². The number of hydrogen-bond donors (Lipinski definition) is 1. The van der Waals surface area contributed by atoms with E-state index in [0.717, 1.165) is 30.2 Å².